The van der Waals surface area contributed by atoms with Gasteiger partial charge in [0.25, 0.3) is 5.69 Å². The molecule has 17 aromatic rings. The lowest BCUT2D eigenvalue weighted by atomic mass is 10.1. The zero-order chi connectivity index (χ0) is 61.2. The van der Waals surface area contributed by atoms with Crippen LogP contribution in [0.15, 0.2) is 328 Å². The zero-order valence-electron chi connectivity index (χ0n) is 49.4. The molecule has 0 fully saturated rings. The minimum Gasteiger partial charge on any atom is -0.397 e. The van der Waals surface area contributed by atoms with Crippen molar-refractivity contribution in [3.8, 4) is 56.7 Å². The lowest BCUT2D eigenvalue weighted by Crippen LogP contribution is -2.06. The molecule has 0 atom stereocenters. The Kier molecular flexibility index (Phi) is 14.6. The topological polar surface area (TPSA) is 115 Å². The molecule has 0 aliphatic heterocycles. The van der Waals surface area contributed by atoms with Crippen LogP contribution >= 0.6 is 0 Å². The first-order valence-corrected chi connectivity index (χ1v) is 30.3. The van der Waals surface area contributed by atoms with Gasteiger partial charge in [-0.15, -0.1) is 10.2 Å². The number of nitrogens with zero attached hydrogens (tertiary/aromatic N) is 7. The van der Waals surface area contributed by atoms with Gasteiger partial charge in [-0.1, -0.05) is 255 Å². The molecule has 4 heterocycles. The molecule has 1 aliphatic carbocycles. The second kappa shape index (κ2) is 24.0. The van der Waals surface area contributed by atoms with Crippen molar-refractivity contribution in [1.29, 1.82) is 0 Å². The number of hydrogen-bond donors (Lipinski definition) is 1. The first kappa shape index (κ1) is 55.2. The highest BCUT2D eigenvalue weighted by atomic mass is 16.6. The van der Waals surface area contributed by atoms with Crippen LogP contribution in [0.25, 0.3) is 122 Å². The fraction of sp³-hybridized carbons (Fsp3) is 0.0123. The summed E-state index contributed by atoms with van der Waals surface area (Å²) in [7, 11) is 0. The third kappa shape index (κ3) is 10.1. The maximum atomic E-state index is 11.4. The largest absolute Gasteiger partial charge is 0.397 e. The summed E-state index contributed by atoms with van der Waals surface area (Å²) >= 11 is 0. The molecule has 0 unspecified atom stereocenters. The zero-order valence-corrected chi connectivity index (χ0v) is 49.4. The van der Waals surface area contributed by atoms with Crippen LogP contribution in [-0.4, -0.2) is 33.4 Å². The van der Waals surface area contributed by atoms with Crippen LogP contribution in [0.3, 0.4) is 0 Å². The number of nitrogens with two attached hydrogens (primary N) is 1. The number of fused-ring (bicyclic) bond motifs is 12. The molecule has 13 aromatic carbocycles. The highest BCUT2D eigenvalue weighted by Crippen LogP contribution is 2.40. The van der Waals surface area contributed by atoms with Crippen molar-refractivity contribution >= 4 is 76.8 Å². The van der Waals surface area contributed by atoms with Gasteiger partial charge in [-0.3, -0.25) is 14.7 Å². The van der Waals surface area contributed by atoms with E-state index in [1.165, 1.54) is 65.9 Å². The van der Waals surface area contributed by atoms with Crippen molar-refractivity contribution in [1.82, 2.24) is 28.5 Å². The summed E-state index contributed by atoms with van der Waals surface area (Å²) in [6, 6.07) is 111. The molecule has 10 heteroatoms. The van der Waals surface area contributed by atoms with Gasteiger partial charge >= 0.3 is 0 Å². The first-order chi connectivity index (χ1) is 45.0. The van der Waals surface area contributed by atoms with Crippen molar-refractivity contribution in [3.63, 3.8) is 0 Å². The van der Waals surface area contributed by atoms with E-state index < -0.39 is 0 Å². The van der Waals surface area contributed by atoms with E-state index in [4.69, 9.17) is 5.73 Å². The lowest BCUT2D eigenvalue weighted by molar-refractivity contribution is -0.384. The average Bonchev–Trinajstić information content (AvgIpc) is 1.64. The maximum Gasteiger partial charge on any atom is 0.293 e. The third-order valence-corrected chi connectivity index (χ3v) is 17.0. The van der Waals surface area contributed by atoms with E-state index in [0.717, 1.165) is 73.8 Å². The van der Waals surface area contributed by atoms with Gasteiger partial charge < -0.3 is 19.4 Å². The Morgan fingerprint density at radius 3 is 0.978 bits per heavy atom. The maximum absolute atomic E-state index is 11.4. The molecule has 434 valence electrons. The Hall–Kier alpha value is -12.4. The molecule has 1 aliphatic rings. The summed E-state index contributed by atoms with van der Waals surface area (Å²) in [5, 5.41) is 27.9. The van der Waals surface area contributed by atoms with Gasteiger partial charge in [-0.05, 0) is 95.4 Å². The third-order valence-electron chi connectivity index (χ3n) is 17.0. The molecule has 10 nitrogen and oxygen atoms in total. The van der Waals surface area contributed by atoms with Gasteiger partial charge in [0.1, 0.15) is 5.69 Å². The molecule has 0 saturated carbocycles. The van der Waals surface area contributed by atoms with Gasteiger partial charge in [0.15, 0.2) is 11.6 Å². The summed E-state index contributed by atoms with van der Waals surface area (Å²) in [6.07, 6.45) is 1.10. The molecule has 0 saturated heterocycles. The monoisotopic (exact) mass is 1170 g/mol. The van der Waals surface area contributed by atoms with Gasteiger partial charge in [-0.25, -0.2) is 0 Å². The fourth-order valence-electron chi connectivity index (χ4n) is 13.0. The Morgan fingerprint density at radius 1 is 0.297 bits per heavy atom. The first-order valence-electron chi connectivity index (χ1n) is 30.3. The Bertz CT molecular complexity index is 5270. The average molecular weight is 1180 g/mol. The number of benzene rings is 13. The predicted octanol–water partition coefficient (Wildman–Crippen LogP) is 20.0. The van der Waals surface area contributed by atoms with Crippen LogP contribution in [0.4, 0.5) is 11.4 Å². The van der Waals surface area contributed by atoms with Crippen LogP contribution in [0.5, 0.6) is 0 Å². The van der Waals surface area contributed by atoms with Crippen molar-refractivity contribution in [2.45, 2.75) is 6.42 Å². The Morgan fingerprint density at radius 2 is 0.582 bits per heavy atom. The Labute approximate surface area is 525 Å². The van der Waals surface area contributed by atoms with Crippen molar-refractivity contribution in [3.05, 3.63) is 349 Å². The van der Waals surface area contributed by atoms with Crippen LogP contribution < -0.4 is 5.73 Å². The number of para-hydroxylation sites is 12. The lowest BCUT2D eigenvalue weighted by Gasteiger charge is -2.17. The number of nitro benzene ring substituents is 1. The smallest absolute Gasteiger partial charge is 0.293 e. The number of anilines is 1. The number of aromatic nitrogens is 6. The molecule has 4 aromatic heterocycles. The van der Waals surface area contributed by atoms with E-state index in [1.807, 2.05) is 114 Å². The van der Waals surface area contributed by atoms with Crippen molar-refractivity contribution in [2.24, 2.45) is 0 Å². The van der Waals surface area contributed by atoms with E-state index in [0.29, 0.717) is 5.69 Å². The molecule has 18 rings (SSSR count). The predicted molar refractivity (Wildman–Crippen MR) is 374 cm³/mol. The standard InChI is InChI=1S/C32H22N4.C18H12N2O2.C18H14N2.C13H10/c1-3-13-23(14-4-1)31-33-34-32(24-15-5-2-6-16-24)36(31)30-22-12-11-21-29(30)35-27-19-9-7-17-25(27)26-18-8-10-20-28(26)35;21-20(22)18-12-6-5-11-17(18)19-15-9-3-1-7-13(15)14-8-2-4-10-16(14)19;19-15-9-3-6-12-18(15)20-16-10-4-1-7-13(16)14-8-2-5-11-17(14)20;1-3-7-12-10(5-1)9-11-6-2-4-8-13(11)12/h1-22H;1-12H;1-12H,19H2;1-8H,9H2. The van der Waals surface area contributed by atoms with Crippen molar-refractivity contribution in [2.75, 3.05) is 5.73 Å². The van der Waals surface area contributed by atoms with Gasteiger partial charge in [0.2, 0.25) is 0 Å². The summed E-state index contributed by atoms with van der Waals surface area (Å²) in [5.74, 6) is 1.62. The number of hydrogen-bond acceptors (Lipinski definition) is 5. The summed E-state index contributed by atoms with van der Waals surface area (Å²) in [6.45, 7) is 0. The molecule has 2 N–H and O–H groups in total. The van der Waals surface area contributed by atoms with E-state index in [1.54, 1.807) is 18.2 Å². The molecule has 0 spiro atoms. The molecule has 0 radical (unpaired) electrons. The molecule has 0 bridgehead atoms. The van der Waals surface area contributed by atoms with E-state index in [-0.39, 0.29) is 10.6 Å². The molecular weight excluding hydrogens is 1120 g/mol. The van der Waals surface area contributed by atoms with Gasteiger partial charge in [0.05, 0.1) is 60.8 Å². The number of nitro groups is 1. The summed E-state index contributed by atoms with van der Waals surface area (Å²) < 4.78 is 8.73. The molecule has 0 amide bonds. The van der Waals surface area contributed by atoms with Crippen LogP contribution in [-0.2, 0) is 6.42 Å². The summed E-state index contributed by atoms with van der Waals surface area (Å²) in [4.78, 5) is 11.0. The second-order valence-electron chi connectivity index (χ2n) is 22.3. The van der Waals surface area contributed by atoms with Crippen LogP contribution in [0, 0.1) is 10.1 Å². The summed E-state index contributed by atoms with van der Waals surface area (Å²) in [5.41, 5.74) is 25.2. The second-order valence-corrected chi connectivity index (χ2v) is 22.3. The minimum atomic E-state index is -0.334. The number of rotatable bonds is 7. The van der Waals surface area contributed by atoms with Crippen molar-refractivity contribution < 1.29 is 4.92 Å². The van der Waals surface area contributed by atoms with E-state index in [9.17, 15) is 10.1 Å². The van der Waals surface area contributed by atoms with E-state index >= 15 is 0 Å². The Balaban J connectivity index is 0.000000108. The highest BCUT2D eigenvalue weighted by Gasteiger charge is 2.23. The minimum absolute atomic E-state index is 0.106. The molecular formula is C81H58N8O2. The quantitative estimate of drug-likeness (QED) is 0.0970. The fourth-order valence-corrected chi connectivity index (χ4v) is 13.0. The van der Waals surface area contributed by atoms with Gasteiger partial charge in [0, 0.05) is 49.5 Å². The van der Waals surface area contributed by atoms with Gasteiger partial charge in [-0.2, -0.15) is 0 Å². The highest BCUT2D eigenvalue weighted by molar-refractivity contribution is 6.11. The van der Waals surface area contributed by atoms with Crippen LogP contribution in [0.2, 0.25) is 0 Å². The normalized spacial score (nSPS) is 11.4. The molecule has 91 heavy (non-hydrogen) atoms. The van der Waals surface area contributed by atoms with E-state index in [2.05, 4.69) is 224 Å². The van der Waals surface area contributed by atoms with Crippen LogP contribution in [0.1, 0.15) is 11.1 Å². The SMILES string of the molecule is Nc1ccccc1-n1c2ccccc2c2ccccc21.O=[N+]([O-])c1ccccc1-n1c2ccccc2c2ccccc21.c1ccc(-c2nnc(-c3ccccc3)n2-c2ccccc2-n2c3ccccc3c3ccccc32)cc1.c1ccc2c(c1)Cc1ccccc1-2. The number of nitrogen functional groups attached to an aromatic ring is 1.